The maximum absolute atomic E-state index is 12.1. The molecular weight excluding hydrogens is 304 g/mol. The second-order valence-electron chi connectivity index (χ2n) is 5.38. The molecule has 6 heteroatoms. The van der Waals surface area contributed by atoms with Gasteiger partial charge in [-0.1, -0.05) is 12.1 Å². The van der Waals surface area contributed by atoms with Crippen LogP contribution in [0.15, 0.2) is 55.1 Å². The number of rotatable bonds is 6. The molecule has 122 valence electrons. The van der Waals surface area contributed by atoms with Crippen LogP contribution in [-0.4, -0.2) is 32.5 Å². The number of aromatic nitrogens is 4. The zero-order chi connectivity index (χ0) is 16.9. The molecule has 0 saturated carbocycles. The molecule has 1 aromatic carbocycles. The fourth-order valence-electron chi connectivity index (χ4n) is 2.41. The molecule has 0 N–H and O–H groups in total. The van der Waals surface area contributed by atoms with Crippen LogP contribution in [0.25, 0.3) is 6.08 Å². The Morgan fingerprint density at radius 1 is 1.33 bits per heavy atom. The highest BCUT2D eigenvalue weighted by molar-refractivity contribution is 6.06. The molecule has 0 atom stereocenters. The van der Waals surface area contributed by atoms with Crippen molar-refractivity contribution in [2.45, 2.75) is 6.54 Å². The van der Waals surface area contributed by atoms with Crippen LogP contribution in [0.3, 0.4) is 0 Å². The van der Waals surface area contributed by atoms with Crippen molar-refractivity contribution in [3.05, 3.63) is 71.8 Å². The van der Waals surface area contributed by atoms with E-state index in [1.54, 1.807) is 49.6 Å². The van der Waals surface area contributed by atoms with E-state index in [2.05, 4.69) is 10.2 Å². The van der Waals surface area contributed by atoms with Crippen molar-refractivity contribution in [1.29, 1.82) is 0 Å². The lowest BCUT2D eigenvalue weighted by Crippen LogP contribution is -2.02. The lowest BCUT2D eigenvalue weighted by Gasteiger charge is -2.09. The summed E-state index contributed by atoms with van der Waals surface area (Å²) < 4.78 is 8.84. The Labute approximate surface area is 140 Å². The van der Waals surface area contributed by atoms with Crippen LogP contribution in [0.1, 0.15) is 21.5 Å². The van der Waals surface area contributed by atoms with Crippen molar-refractivity contribution in [3.8, 4) is 5.75 Å². The van der Waals surface area contributed by atoms with Crippen molar-refractivity contribution in [2.24, 2.45) is 7.05 Å². The molecule has 0 fully saturated rings. The Kier molecular flexibility index (Phi) is 4.56. The first kappa shape index (κ1) is 15.7. The quantitative estimate of drug-likeness (QED) is 0.517. The monoisotopic (exact) mass is 322 g/mol. The van der Waals surface area contributed by atoms with Gasteiger partial charge in [-0.15, -0.1) is 0 Å². The van der Waals surface area contributed by atoms with Gasteiger partial charge in [0.05, 0.1) is 25.4 Å². The molecule has 0 aliphatic heterocycles. The van der Waals surface area contributed by atoms with Crippen LogP contribution in [0.5, 0.6) is 5.75 Å². The van der Waals surface area contributed by atoms with Crippen LogP contribution in [-0.2, 0) is 13.6 Å². The third kappa shape index (κ3) is 3.60. The molecule has 0 aliphatic rings. The van der Waals surface area contributed by atoms with Crippen LogP contribution in [0.4, 0.5) is 0 Å². The summed E-state index contributed by atoms with van der Waals surface area (Å²) >= 11 is 0. The van der Waals surface area contributed by atoms with Crippen molar-refractivity contribution in [3.63, 3.8) is 0 Å². The van der Waals surface area contributed by atoms with Crippen molar-refractivity contribution >= 4 is 11.9 Å². The van der Waals surface area contributed by atoms with Gasteiger partial charge >= 0.3 is 0 Å². The maximum atomic E-state index is 12.1. The molecule has 0 aliphatic carbocycles. The number of ketones is 1. The maximum Gasteiger partial charge on any atom is 0.189 e. The number of methoxy groups -OCH3 is 1. The normalized spacial score (nSPS) is 11.1. The van der Waals surface area contributed by atoms with Gasteiger partial charge in [-0.2, -0.15) is 10.2 Å². The molecule has 0 spiro atoms. The second kappa shape index (κ2) is 6.95. The van der Waals surface area contributed by atoms with Crippen molar-refractivity contribution in [2.75, 3.05) is 7.11 Å². The van der Waals surface area contributed by atoms with E-state index in [1.165, 1.54) is 0 Å². The van der Waals surface area contributed by atoms with Gasteiger partial charge in [0.1, 0.15) is 5.75 Å². The van der Waals surface area contributed by atoms with Gasteiger partial charge in [0.25, 0.3) is 0 Å². The lowest BCUT2D eigenvalue weighted by atomic mass is 10.1. The predicted molar refractivity (Wildman–Crippen MR) is 90.9 cm³/mol. The summed E-state index contributed by atoms with van der Waals surface area (Å²) in [6.45, 7) is 0.606. The van der Waals surface area contributed by atoms with E-state index in [4.69, 9.17) is 4.74 Å². The summed E-state index contributed by atoms with van der Waals surface area (Å²) in [5.41, 5.74) is 2.49. The second-order valence-corrected chi connectivity index (χ2v) is 5.38. The van der Waals surface area contributed by atoms with Crippen LogP contribution >= 0.6 is 0 Å². The highest BCUT2D eigenvalue weighted by atomic mass is 16.5. The number of allylic oxidation sites excluding steroid dienone is 1. The highest BCUT2D eigenvalue weighted by Gasteiger charge is 2.06. The van der Waals surface area contributed by atoms with Gasteiger partial charge in [-0.3, -0.25) is 14.2 Å². The molecule has 24 heavy (non-hydrogen) atoms. The summed E-state index contributed by atoms with van der Waals surface area (Å²) in [5.74, 6) is 0.716. The van der Waals surface area contributed by atoms with E-state index in [1.807, 2.05) is 35.1 Å². The standard InChI is InChI=1S/C18H18N4O2/c1-21-12-16(11-20-21)17(23)6-4-14-5-7-18(24-2)15(10-14)13-22-9-3-8-19-22/h3-12H,13H2,1-2H3. The first-order valence-electron chi connectivity index (χ1n) is 7.51. The van der Waals surface area contributed by atoms with E-state index in [0.29, 0.717) is 12.1 Å². The Morgan fingerprint density at radius 2 is 2.21 bits per heavy atom. The van der Waals surface area contributed by atoms with Gasteiger partial charge in [0, 0.05) is 31.2 Å². The Balaban J connectivity index is 1.80. The van der Waals surface area contributed by atoms with E-state index in [-0.39, 0.29) is 5.78 Å². The molecule has 0 unspecified atom stereocenters. The molecule has 0 amide bonds. The number of nitrogens with zero attached hydrogens (tertiary/aromatic N) is 4. The molecule has 0 radical (unpaired) electrons. The number of ether oxygens (including phenoxy) is 1. The fourth-order valence-corrected chi connectivity index (χ4v) is 2.41. The zero-order valence-corrected chi connectivity index (χ0v) is 13.6. The predicted octanol–water partition coefficient (Wildman–Crippen LogP) is 2.57. The number of carbonyl (C=O) groups is 1. The molecule has 2 heterocycles. The van der Waals surface area contributed by atoms with Gasteiger partial charge in [0.15, 0.2) is 5.78 Å². The minimum Gasteiger partial charge on any atom is -0.496 e. The number of aryl methyl sites for hydroxylation is 1. The van der Waals surface area contributed by atoms with Crippen LogP contribution in [0, 0.1) is 0 Å². The van der Waals surface area contributed by atoms with Crippen LogP contribution < -0.4 is 4.74 Å². The summed E-state index contributed by atoms with van der Waals surface area (Å²) in [4.78, 5) is 12.1. The minimum absolute atomic E-state index is 0.0763. The molecule has 2 aromatic heterocycles. The summed E-state index contributed by atoms with van der Waals surface area (Å²) in [7, 11) is 3.43. The van der Waals surface area contributed by atoms with Gasteiger partial charge < -0.3 is 4.74 Å². The first-order chi connectivity index (χ1) is 11.7. The van der Waals surface area contributed by atoms with Crippen molar-refractivity contribution in [1.82, 2.24) is 19.6 Å². The smallest absolute Gasteiger partial charge is 0.189 e. The Morgan fingerprint density at radius 3 is 2.88 bits per heavy atom. The molecule has 6 nitrogen and oxygen atoms in total. The van der Waals surface area contributed by atoms with Crippen LogP contribution in [0.2, 0.25) is 0 Å². The average Bonchev–Trinajstić information content (AvgIpc) is 3.24. The third-order valence-electron chi connectivity index (χ3n) is 3.61. The van der Waals surface area contributed by atoms with E-state index in [9.17, 15) is 4.79 Å². The third-order valence-corrected chi connectivity index (χ3v) is 3.61. The van der Waals surface area contributed by atoms with Gasteiger partial charge in [-0.05, 0) is 29.8 Å². The number of benzene rings is 1. The Bertz CT molecular complexity index is 863. The Hall–Kier alpha value is -3.15. The van der Waals surface area contributed by atoms with E-state index in [0.717, 1.165) is 16.9 Å². The van der Waals surface area contributed by atoms with E-state index >= 15 is 0 Å². The topological polar surface area (TPSA) is 61.9 Å². The zero-order valence-electron chi connectivity index (χ0n) is 13.6. The molecule has 0 saturated heterocycles. The summed E-state index contributed by atoms with van der Waals surface area (Å²) in [6.07, 6.45) is 10.2. The number of hydrogen-bond acceptors (Lipinski definition) is 4. The van der Waals surface area contributed by atoms with Crippen molar-refractivity contribution < 1.29 is 9.53 Å². The SMILES string of the molecule is COc1ccc(C=CC(=O)c2cnn(C)c2)cc1Cn1cccn1. The fraction of sp³-hybridized carbons (Fsp3) is 0.167. The highest BCUT2D eigenvalue weighted by Crippen LogP contribution is 2.21. The first-order valence-corrected chi connectivity index (χ1v) is 7.51. The van der Waals surface area contributed by atoms with Gasteiger partial charge in [0.2, 0.25) is 0 Å². The summed E-state index contributed by atoms with van der Waals surface area (Å²) in [6, 6.07) is 7.68. The number of hydrogen-bond donors (Lipinski definition) is 0. The molecule has 3 aromatic rings. The largest absolute Gasteiger partial charge is 0.496 e. The molecule has 3 rings (SSSR count). The number of carbonyl (C=O) groups excluding carboxylic acids is 1. The lowest BCUT2D eigenvalue weighted by molar-refractivity contribution is 0.104. The summed E-state index contributed by atoms with van der Waals surface area (Å²) in [5, 5.41) is 8.22. The van der Waals surface area contributed by atoms with Gasteiger partial charge in [-0.25, -0.2) is 0 Å². The molecule has 0 bridgehead atoms. The average molecular weight is 322 g/mol. The molecular formula is C18H18N4O2. The minimum atomic E-state index is -0.0763. The van der Waals surface area contributed by atoms with E-state index < -0.39 is 0 Å².